The lowest BCUT2D eigenvalue weighted by Gasteiger charge is -2.14. The number of hydrogen-bond donors (Lipinski definition) is 2. The number of rotatable bonds is 7. The summed E-state index contributed by atoms with van der Waals surface area (Å²) in [5.74, 6) is -1.49. The van der Waals surface area contributed by atoms with Crippen LogP contribution in [0.25, 0.3) is 0 Å². The Labute approximate surface area is 89.1 Å². The first-order chi connectivity index (χ1) is 6.97. The van der Waals surface area contributed by atoms with Crippen molar-refractivity contribution >= 4 is 11.9 Å². The van der Waals surface area contributed by atoms with Crippen LogP contribution in [-0.2, 0) is 14.3 Å². The van der Waals surface area contributed by atoms with E-state index >= 15 is 0 Å². The summed E-state index contributed by atoms with van der Waals surface area (Å²) < 4.78 is 4.85. The molecule has 0 unspecified atom stereocenters. The lowest BCUT2D eigenvalue weighted by atomic mass is 10.1. The van der Waals surface area contributed by atoms with Crippen molar-refractivity contribution in [2.75, 3.05) is 13.2 Å². The zero-order valence-corrected chi connectivity index (χ0v) is 9.08. The molecule has 1 atom stereocenters. The lowest BCUT2D eigenvalue weighted by molar-refractivity contribution is -0.142. The summed E-state index contributed by atoms with van der Waals surface area (Å²) in [4.78, 5) is 21.9. The highest BCUT2D eigenvalue weighted by molar-refractivity contribution is 5.84. The molecule has 0 aliphatic heterocycles. The van der Waals surface area contributed by atoms with Gasteiger partial charge in [0, 0.05) is 6.61 Å². The van der Waals surface area contributed by atoms with Crippen LogP contribution in [0.5, 0.6) is 0 Å². The molecule has 0 aromatic carbocycles. The standard InChI is InChI=1S/C10H17NO4/c1-4-15-6-9(12)11-8(10(13)14)5-7(2)3/h8H,2,4-6H2,1,3H3,(H,11,12)(H,13,14)/t8-/m1/s1. The monoisotopic (exact) mass is 215 g/mol. The number of nitrogens with one attached hydrogen (secondary N) is 1. The summed E-state index contributed by atoms with van der Waals surface area (Å²) >= 11 is 0. The molecule has 0 aliphatic carbocycles. The van der Waals surface area contributed by atoms with Crippen LogP contribution in [0.2, 0.25) is 0 Å². The number of carbonyl (C=O) groups is 2. The Morgan fingerprint density at radius 3 is 2.53 bits per heavy atom. The van der Waals surface area contributed by atoms with Crippen LogP contribution in [0.15, 0.2) is 12.2 Å². The fraction of sp³-hybridized carbons (Fsp3) is 0.600. The van der Waals surface area contributed by atoms with Crippen molar-refractivity contribution < 1.29 is 19.4 Å². The minimum Gasteiger partial charge on any atom is -0.480 e. The van der Waals surface area contributed by atoms with E-state index in [-0.39, 0.29) is 13.0 Å². The molecule has 0 fully saturated rings. The van der Waals surface area contributed by atoms with Crippen molar-refractivity contribution in [1.82, 2.24) is 5.32 Å². The van der Waals surface area contributed by atoms with Gasteiger partial charge in [-0.2, -0.15) is 0 Å². The molecule has 5 nitrogen and oxygen atoms in total. The summed E-state index contributed by atoms with van der Waals surface area (Å²) in [5.41, 5.74) is 0.708. The maximum atomic E-state index is 11.2. The molecule has 0 aromatic rings. The Hall–Kier alpha value is -1.36. The second kappa shape index (κ2) is 7.00. The molecule has 5 heteroatoms. The zero-order valence-electron chi connectivity index (χ0n) is 9.08. The van der Waals surface area contributed by atoms with Crippen LogP contribution in [0.4, 0.5) is 0 Å². The van der Waals surface area contributed by atoms with Crippen LogP contribution >= 0.6 is 0 Å². The van der Waals surface area contributed by atoms with Crippen molar-refractivity contribution in [3.8, 4) is 0 Å². The smallest absolute Gasteiger partial charge is 0.326 e. The van der Waals surface area contributed by atoms with Gasteiger partial charge in [0.05, 0.1) is 0 Å². The SMILES string of the molecule is C=C(C)C[C@@H](NC(=O)COCC)C(=O)O. The van der Waals surface area contributed by atoms with Crippen LogP contribution in [0.3, 0.4) is 0 Å². The Kier molecular flexibility index (Phi) is 6.37. The van der Waals surface area contributed by atoms with E-state index < -0.39 is 17.9 Å². The normalized spacial score (nSPS) is 11.9. The van der Waals surface area contributed by atoms with Crippen molar-refractivity contribution in [1.29, 1.82) is 0 Å². The average molecular weight is 215 g/mol. The number of carbonyl (C=O) groups excluding carboxylic acids is 1. The lowest BCUT2D eigenvalue weighted by Crippen LogP contribution is -2.42. The van der Waals surface area contributed by atoms with Crippen LogP contribution in [0, 0.1) is 0 Å². The van der Waals surface area contributed by atoms with E-state index in [1.54, 1.807) is 13.8 Å². The molecule has 0 saturated heterocycles. The van der Waals surface area contributed by atoms with Gasteiger partial charge in [0.25, 0.3) is 0 Å². The Bertz CT molecular complexity index is 250. The molecule has 0 radical (unpaired) electrons. The van der Waals surface area contributed by atoms with Gasteiger partial charge in [-0.15, -0.1) is 6.58 Å². The molecule has 86 valence electrons. The molecule has 0 bridgehead atoms. The number of hydrogen-bond acceptors (Lipinski definition) is 3. The van der Waals surface area contributed by atoms with Gasteiger partial charge in [0.2, 0.25) is 5.91 Å². The van der Waals surface area contributed by atoms with Gasteiger partial charge >= 0.3 is 5.97 Å². The Morgan fingerprint density at radius 1 is 1.53 bits per heavy atom. The minimum absolute atomic E-state index is 0.115. The van der Waals surface area contributed by atoms with Gasteiger partial charge in [0.1, 0.15) is 12.6 Å². The highest BCUT2D eigenvalue weighted by Crippen LogP contribution is 2.02. The highest BCUT2D eigenvalue weighted by atomic mass is 16.5. The van der Waals surface area contributed by atoms with Gasteiger partial charge in [-0.05, 0) is 20.3 Å². The number of ether oxygens (including phenoxy) is 1. The van der Waals surface area contributed by atoms with Crippen LogP contribution < -0.4 is 5.32 Å². The molecule has 0 aliphatic rings. The molecule has 0 saturated carbocycles. The third-order valence-electron chi connectivity index (χ3n) is 1.62. The van der Waals surface area contributed by atoms with E-state index in [1.807, 2.05) is 0 Å². The first-order valence-corrected chi connectivity index (χ1v) is 4.71. The number of carboxylic acid groups (broad SMARTS) is 1. The maximum absolute atomic E-state index is 11.2. The molecule has 0 rings (SSSR count). The summed E-state index contributed by atoms with van der Waals surface area (Å²) in [7, 11) is 0. The first-order valence-electron chi connectivity index (χ1n) is 4.71. The molecule has 0 heterocycles. The summed E-state index contributed by atoms with van der Waals surface area (Å²) in [6.07, 6.45) is 0.229. The van der Waals surface area contributed by atoms with Crippen molar-refractivity contribution in [2.45, 2.75) is 26.3 Å². The Balaban J connectivity index is 4.10. The number of amides is 1. The summed E-state index contributed by atoms with van der Waals surface area (Å²) in [5, 5.41) is 11.2. The van der Waals surface area contributed by atoms with Gasteiger partial charge in [0.15, 0.2) is 0 Å². The quantitative estimate of drug-likeness (QED) is 0.608. The first kappa shape index (κ1) is 13.6. The predicted octanol–water partition coefficient (Wildman–Crippen LogP) is 0.558. The van der Waals surface area contributed by atoms with Crippen molar-refractivity contribution in [2.24, 2.45) is 0 Å². The molecule has 15 heavy (non-hydrogen) atoms. The highest BCUT2D eigenvalue weighted by Gasteiger charge is 2.19. The predicted molar refractivity (Wildman–Crippen MR) is 55.5 cm³/mol. The molecular weight excluding hydrogens is 198 g/mol. The van der Waals surface area contributed by atoms with E-state index in [0.29, 0.717) is 12.2 Å². The van der Waals surface area contributed by atoms with E-state index in [1.165, 1.54) is 0 Å². The molecule has 1 amide bonds. The number of aliphatic carboxylic acids is 1. The Morgan fingerprint density at radius 2 is 2.13 bits per heavy atom. The number of carboxylic acids is 1. The molecular formula is C10H17NO4. The van der Waals surface area contributed by atoms with E-state index in [0.717, 1.165) is 0 Å². The van der Waals surface area contributed by atoms with E-state index in [2.05, 4.69) is 11.9 Å². The average Bonchev–Trinajstić information content (AvgIpc) is 2.12. The van der Waals surface area contributed by atoms with Gasteiger partial charge < -0.3 is 15.2 Å². The molecule has 2 N–H and O–H groups in total. The maximum Gasteiger partial charge on any atom is 0.326 e. The van der Waals surface area contributed by atoms with Gasteiger partial charge in [-0.25, -0.2) is 4.79 Å². The van der Waals surface area contributed by atoms with Gasteiger partial charge in [-0.1, -0.05) is 5.57 Å². The fourth-order valence-corrected chi connectivity index (χ4v) is 0.979. The van der Waals surface area contributed by atoms with Crippen molar-refractivity contribution in [3.05, 3.63) is 12.2 Å². The molecule has 0 aromatic heterocycles. The summed E-state index contributed by atoms with van der Waals surface area (Å²) in [6, 6.07) is -0.921. The third-order valence-corrected chi connectivity index (χ3v) is 1.62. The van der Waals surface area contributed by atoms with Crippen molar-refractivity contribution in [3.63, 3.8) is 0 Å². The second-order valence-corrected chi connectivity index (χ2v) is 3.26. The largest absolute Gasteiger partial charge is 0.480 e. The minimum atomic E-state index is -1.07. The van der Waals surface area contributed by atoms with Crippen LogP contribution in [0.1, 0.15) is 20.3 Å². The zero-order chi connectivity index (χ0) is 11.8. The third kappa shape index (κ3) is 6.68. The van der Waals surface area contributed by atoms with E-state index in [4.69, 9.17) is 9.84 Å². The van der Waals surface area contributed by atoms with Gasteiger partial charge in [-0.3, -0.25) is 4.79 Å². The van der Waals surface area contributed by atoms with E-state index in [9.17, 15) is 9.59 Å². The van der Waals surface area contributed by atoms with Crippen LogP contribution in [-0.4, -0.2) is 36.2 Å². The molecule has 0 spiro atoms. The summed E-state index contributed by atoms with van der Waals surface area (Å²) in [6.45, 7) is 7.38. The fourth-order valence-electron chi connectivity index (χ4n) is 0.979. The topological polar surface area (TPSA) is 75.6 Å². The second-order valence-electron chi connectivity index (χ2n) is 3.26.